The Hall–Kier alpha value is -2.48. The molecule has 2 fully saturated rings. The van der Waals surface area contributed by atoms with Gasteiger partial charge in [-0.15, -0.1) is 0 Å². The van der Waals surface area contributed by atoms with E-state index in [-0.39, 0.29) is 11.8 Å². The van der Waals surface area contributed by atoms with Gasteiger partial charge in [-0.25, -0.2) is 9.97 Å². The van der Waals surface area contributed by atoms with Gasteiger partial charge in [0.05, 0.1) is 10.9 Å². The fourth-order valence-corrected chi connectivity index (χ4v) is 3.83. The number of hydrogen-bond donors (Lipinski definition) is 0. The van der Waals surface area contributed by atoms with Gasteiger partial charge < -0.3 is 14.7 Å². The highest BCUT2D eigenvalue weighted by Crippen LogP contribution is 2.22. The van der Waals surface area contributed by atoms with Crippen molar-refractivity contribution < 1.29 is 9.59 Å². The first kappa shape index (κ1) is 18.9. The number of amides is 2. The van der Waals surface area contributed by atoms with Crippen LogP contribution in [0.4, 0.5) is 11.6 Å². The topological polar surface area (TPSA) is 69.6 Å². The smallest absolute Gasteiger partial charge is 0.227 e. The first-order valence-electron chi connectivity index (χ1n) is 9.50. The number of piperazine rings is 1. The molecule has 0 N–H and O–H groups in total. The second-order valence-corrected chi connectivity index (χ2v) is 7.98. The van der Waals surface area contributed by atoms with Gasteiger partial charge in [-0.2, -0.15) is 0 Å². The van der Waals surface area contributed by atoms with Crippen LogP contribution in [0.3, 0.4) is 0 Å². The molecular formula is C20H22BrN5O2. The van der Waals surface area contributed by atoms with Crippen molar-refractivity contribution in [3.63, 3.8) is 0 Å². The van der Waals surface area contributed by atoms with Gasteiger partial charge in [-0.05, 0) is 40.0 Å². The molecular weight excluding hydrogens is 422 g/mol. The molecule has 2 aromatic rings. The Morgan fingerprint density at radius 3 is 2.29 bits per heavy atom. The van der Waals surface area contributed by atoms with Crippen molar-refractivity contribution >= 4 is 39.4 Å². The second-order valence-electron chi connectivity index (χ2n) is 7.06. The summed E-state index contributed by atoms with van der Waals surface area (Å²) in [5.74, 6) is 1.00. The molecule has 0 spiro atoms. The van der Waals surface area contributed by atoms with Gasteiger partial charge >= 0.3 is 0 Å². The lowest BCUT2D eigenvalue weighted by atomic mass is 10.1. The second kappa shape index (κ2) is 8.26. The van der Waals surface area contributed by atoms with E-state index in [2.05, 4.69) is 30.8 Å². The third-order valence-corrected chi connectivity index (χ3v) is 5.61. The van der Waals surface area contributed by atoms with E-state index in [4.69, 9.17) is 0 Å². The molecule has 2 amide bonds. The fourth-order valence-electron chi connectivity index (χ4n) is 3.63. The Morgan fingerprint density at radius 1 is 1.00 bits per heavy atom. The van der Waals surface area contributed by atoms with Crippen LogP contribution >= 0.6 is 15.9 Å². The molecule has 1 aromatic carbocycles. The third-order valence-electron chi connectivity index (χ3n) is 5.20. The number of aromatic nitrogens is 2. The molecule has 0 unspecified atom stereocenters. The van der Waals surface area contributed by atoms with E-state index in [0.717, 1.165) is 41.8 Å². The maximum absolute atomic E-state index is 12.7. The molecule has 8 heteroatoms. The highest BCUT2D eigenvalue weighted by Gasteiger charge is 2.24. The van der Waals surface area contributed by atoms with E-state index in [1.54, 1.807) is 12.4 Å². The van der Waals surface area contributed by atoms with Crippen LogP contribution in [-0.4, -0.2) is 59.4 Å². The Labute approximate surface area is 172 Å². The van der Waals surface area contributed by atoms with Gasteiger partial charge in [-0.3, -0.25) is 9.59 Å². The van der Waals surface area contributed by atoms with Crippen molar-refractivity contribution in [1.82, 2.24) is 14.9 Å². The van der Waals surface area contributed by atoms with Crippen molar-refractivity contribution in [2.75, 3.05) is 42.5 Å². The molecule has 0 radical (unpaired) electrons. The lowest BCUT2D eigenvalue weighted by molar-refractivity contribution is -0.130. The van der Waals surface area contributed by atoms with Gasteiger partial charge in [0.2, 0.25) is 17.8 Å². The van der Waals surface area contributed by atoms with E-state index < -0.39 is 0 Å². The number of carbonyl (C=O) groups excluding carboxylic acids is 2. The summed E-state index contributed by atoms with van der Waals surface area (Å²) in [4.78, 5) is 38.9. The molecule has 0 atom stereocenters. The van der Waals surface area contributed by atoms with Gasteiger partial charge in [-0.1, -0.05) is 12.1 Å². The maximum Gasteiger partial charge on any atom is 0.227 e. The monoisotopic (exact) mass is 443 g/mol. The SMILES string of the molecule is O=C(Cc1ccc(N2CCCC2=O)cc1)N1CCN(c2ncc(Br)cn2)CC1. The molecule has 28 heavy (non-hydrogen) atoms. The highest BCUT2D eigenvalue weighted by molar-refractivity contribution is 9.10. The molecule has 1 aromatic heterocycles. The molecule has 7 nitrogen and oxygen atoms in total. The van der Waals surface area contributed by atoms with Crippen LogP contribution in [0, 0.1) is 0 Å². The van der Waals surface area contributed by atoms with Crippen molar-refractivity contribution in [2.24, 2.45) is 0 Å². The number of benzene rings is 1. The van der Waals surface area contributed by atoms with Gasteiger partial charge in [0.25, 0.3) is 0 Å². The van der Waals surface area contributed by atoms with Gasteiger partial charge in [0.15, 0.2) is 0 Å². The quantitative estimate of drug-likeness (QED) is 0.724. The molecule has 0 saturated carbocycles. The number of rotatable bonds is 4. The molecule has 0 bridgehead atoms. The van der Waals surface area contributed by atoms with Crippen LogP contribution < -0.4 is 9.80 Å². The summed E-state index contributed by atoms with van der Waals surface area (Å²) >= 11 is 3.34. The summed E-state index contributed by atoms with van der Waals surface area (Å²) in [7, 11) is 0. The van der Waals surface area contributed by atoms with Gasteiger partial charge in [0, 0.05) is 57.2 Å². The normalized spacial score (nSPS) is 17.3. The third kappa shape index (κ3) is 4.16. The molecule has 2 aliphatic heterocycles. The lowest BCUT2D eigenvalue weighted by Crippen LogP contribution is -2.49. The predicted octanol–water partition coefficient (Wildman–Crippen LogP) is 2.26. The van der Waals surface area contributed by atoms with Crippen molar-refractivity contribution in [3.05, 3.63) is 46.7 Å². The minimum Gasteiger partial charge on any atom is -0.339 e. The first-order valence-corrected chi connectivity index (χ1v) is 10.3. The molecule has 3 heterocycles. The number of carbonyl (C=O) groups is 2. The summed E-state index contributed by atoms with van der Waals surface area (Å²) in [5, 5.41) is 0. The van der Waals surface area contributed by atoms with Crippen LogP contribution in [-0.2, 0) is 16.0 Å². The molecule has 4 rings (SSSR count). The van der Waals surface area contributed by atoms with E-state index in [9.17, 15) is 9.59 Å². The van der Waals surface area contributed by atoms with E-state index in [1.807, 2.05) is 34.1 Å². The summed E-state index contributed by atoms with van der Waals surface area (Å²) in [6, 6.07) is 7.78. The van der Waals surface area contributed by atoms with Crippen LogP contribution in [0.5, 0.6) is 0 Å². The number of nitrogens with zero attached hydrogens (tertiary/aromatic N) is 5. The Morgan fingerprint density at radius 2 is 1.68 bits per heavy atom. The summed E-state index contributed by atoms with van der Waals surface area (Å²) in [5.41, 5.74) is 1.89. The average molecular weight is 444 g/mol. The van der Waals surface area contributed by atoms with Crippen molar-refractivity contribution in [2.45, 2.75) is 19.3 Å². The number of hydrogen-bond acceptors (Lipinski definition) is 5. The molecule has 0 aliphatic carbocycles. The van der Waals surface area contributed by atoms with Crippen molar-refractivity contribution in [1.29, 1.82) is 0 Å². The first-order chi connectivity index (χ1) is 13.6. The lowest BCUT2D eigenvalue weighted by Gasteiger charge is -2.34. The zero-order valence-corrected chi connectivity index (χ0v) is 17.1. The highest BCUT2D eigenvalue weighted by atomic mass is 79.9. The molecule has 2 aliphatic rings. The van der Waals surface area contributed by atoms with Crippen molar-refractivity contribution in [3.8, 4) is 0 Å². The maximum atomic E-state index is 12.7. The van der Waals surface area contributed by atoms with Crippen LogP contribution in [0.2, 0.25) is 0 Å². The van der Waals surface area contributed by atoms with E-state index in [0.29, 0.717) is 31.9 Å². The summed E-state index contributed by atoms with van der Waals surface area (Å²) in [6.45, 7) is 3.56. The standard InChI is InChI=1S/C20H22BrN5O2/c21-16-13-22-20(23-14-16)25-10-8-24(9-11-25)19(28)12-15-3-5-17(6-4-15)26-7-1-2-18(26)27/h3-6,13-14H,1-2,7-12H2. The van der Waals surface area contributed by atoms with Gasteiger partial charge in [0.1, 0.15) is 0 Å². The number of anilines is 2. The fraction of sp³-hybridized carbons (Fsp3) is 0.400. The molecule has 2 saturated heterocycles. The largest absolute Gasteiger partial charge is 0.339 e. The zero-order valence-electron chi connectivity index (χ0n) is 15.6. The summed E-state index contributed by atoms with van der Waals surface area (Å²) in [6.07, 6.45) is 5.38. The Balaban J connectivity index is 1.31. The number of halogens is 1. The van der Waals surface area contributed by atoms with E-state index >= 15 is 0 Å². The average Bonchev–Trinajstić information content (AvgIpc) is 3.15. The Kier molecular flexibility index (Phi) is 5.57. The summed E-state index contributed by atoms with van der Waals surface area (Å²) < 4.78 is 0.852. The van der Waals surface area contributed by atoms with Crippen LogP contribution in [0.25, 0.3) is 0 Å². The zero-order chi connectivity index (χ0) is 19.5. The molecule has 146 valence electrons. The van der Waals surface area contributed by atoms with E-state index in [1.165, 1.54) is 0 Å². The predicted molar refractivity (Wildman–Crippen MR) is 110 cm³/mol. The minimum atomic E-state index is 0.126. The minimum absolute atomic E-state index is 0.126. The van der Waals surface area contributed by atoms with Crippen LogP contribution in [0.15, 0.2) is 41.1 Å². The van der Waals surface area contributed by atoms with Crippen LogP contribution in [0.1, 0.15) is 18.4 Å². The Bertz CT molecular complexity index is 848.